The fourth-order valence-corrected chi connectivity index (χ4v) is 1.94. The molecule has 0 unspecified atom stereocenters. The van der Waals surface area contributed by atoms with Gasteiger partial charge in [-0.15, -0.1) is 0 Å². The third-order valence-corrected chi connectivity index (χ3v) is 2.85. The number of aryl methyl sites for hydroxylation is 2. The van der Waals surface area contributed by atoms with E-state index < -0.39 is 17.7 Å². The monoisotopic (exact) mass is 260 g/mol. The van der Waals surface area contributed by atoms with Gasteiger partial charge in [0.1, 0.15) is 0 Å². The van der Waals surface area contributed by atoms with Crippen LogP contribution in [0, 0.1) is 13.8 Å². The predicted octanol–water partition coefficient (Wildman–Crippen LogP) is 1.31. The van der Waals surface area contributed by atoms with Crippen LogP contribution in [-0.2, 0) is 23.9 Å². The molecule has 0 amide bonds. The molecule has 1 heterocycles. The first kappa shape index (κ1) is 13.0. The molecule has 0 aliphatic carbocycles. The van der Waals surface area contributed by atoms with Gasteiger partial charge in [-0.1, -0.05) is 23.8 Å². The topological polar surface area (TPSA) is 69.7 Å². The van der Waals surface area contributed by atoms with E-state index in [0.29, 0.717) is 5.56 Å². The zero-order valence-electron chi connectivity index (χ0n) is 10.8. The molecule has 0 N–H and O–H groups in total. The molecule has 1 aliphatic rings. The van der Waals surface area contributed by atoms with E-state index in [-0.39, 0.29) is 11.3 Å². The molecule has 5 heteroatoms. The summed E-state index contributed by atoms with van der Waals surface area (Å²) < 4.78 is 9.42. The largest absolute Gasteiger partial charge is 0.465 e. The van der Waals surface area contributed by atoms with Gasteiger partial charge in [0.15, 0.2) is 11.3 Å². The van der Waals surface area contributed by atoms with E-state index in [1.807, 2.05) is 13.0 Å². The van der Waals surface area contributed by atoms with Crippen LogP contribution < -0.4 is 0 Å². The van der Waals surface area contributed by atoms with Crippen LogP contribution in [0.3, 0.4) is 0 Å². The fraction of sp³-hybridized carbons (Fsp3) is 0.214. The van der Waals surface area contributed by atoms with E-state index in [2.05, 4.69) is 4.74 Å². The Morgan fingerprint density at radius 1 is 1.21 bits per heavy atom. The molecule has 0 radical (unpaired) electrons. The number of carbonyl (C=O) groups excluding carboxylic acids is 3. The van der Waals surface area contributed by atoms with Crippen molar-refractivity contribution in [2.75, 3.05) is 7.11 Å². The summed E-state index contributed by atoms with van der Waals surface area (Å²) in [5.41, 5.74) is 2.01. The molecule has 19 heavy (non-hydrogen) atoms. The molecule has 1 aliphatic heterocycles. The van der Waals surface area contributed by atoms with Gasteiger partial charge in [0, 0.05) is 5.56 Å². The summed E-state index contributed by atoms with van der Waals surface area (Å²) in [7, 11) is 1.14. The number of rotatable bonds is 2. The van der Waals surface area contributed by atoms with Gasteiger partial charge in [-0.2, -0.15) is 0 Å². The number of hydrogen-bond donors (Lipinski definition) is 0. The van der Waals surface area contributed by atoms with Gasteiger partial charge in [-0.3, -0.25) is 4.79 Å². The van der Waals surface area contributed by atoms with Crippen molar-refractivity contribution in [2.45, 2.75) is 13.8 Å². The maximum atomic E-state index is 11.6. The van der Waals surface area contributed by atoms with Crippen LogP contribution in [-0.4, -0.2) is 24.8 Å². The van der Waals surface area contributed by atoms with Gasteiger partial charge >= 0.3 is 11.9 Å². The van der Waals surface area contributed by atoms with Gasteiger partial charge in [-0.05, 0) is 19.4 Å². The zero-order chi connectivity index (χ0) is 14.2. The van der Waals surface area contributed by atoms with Crippen LogP contribution in [0.25, 0.3) is 5.76 Å². The van der Waals surface area contributed by atoms with Crippen molar-refractivity contribution < 1.29 is 23.9 Å². The minimum atomic E-state index is -1.06. The predicted molar refractivity (Wildman–Crippen MR) is 66.0 cm³/mol. The highest BCUT2D eigenvalue weighted by atomic mass is 16.6. The molecule has 0 fully saturated rings. The second kappa shape index (κ2) is 4.68. The van der Waals surface area contributed by atoms with Crippen LogP contribution in [0.15, 0.2) is 23.8 Å². The molecule has 0 saturated heterocycles. The number of methoxy groups -OCH3 is 1. The number of esters is 2. The third-order valence-electron chi connectivity index (χ3n) is 2.85. The van der Waals surface area contributed by atoms with Crippen molar-refractivity contribution in [3.8, 4) is 0 Å². The van der Waals surface area contributed by atoms with Gasteiger partial charge < -0.3 is 9.47 Å². The average molecular weight is 260 g/mol. The molecular formula is C14H12O5. The maximum Gasteiger partial charge on any atom is 0.385 e. The van der Waals surface area contributed by atoms with Crippen molar-refractivity contribution >= 4 is 23.5 Å². The quantitative estimate of drug-likeness (QED) is 0.455. The van der Waals surface area contributed by atoms with Crippen molar-refractivity contribution in [1.29, 1.82) is 0 Å². The molecule has 98 valence electrons. The van der Waals surface area contributed by atoms with E-state index in [1.54, 1.807) is 19.1 Å². The third kappa shape index (κ3) is 2.14. The molecule has 1 aromatic carbocycles. The van der Waals surface area contributed by atoms with Crippen molar-refractivity contribution in [3.05, 3.63) is 40.5 Å². The Hall–Kier alpha value is -2.43. The van der Waals surface area contributed by atoms with Gasteiger partial charge in [0.05, 0.1) is 7.11 Å². The highest BCUT2D eigenvalue weighted by Crippen LogP contribution is 2.30. The number of Topliss-reactive ketones (excluding diaryl/α,β-unsaturated/α-hetero) is 1. The van der Waals surface area contributed by atoms with Crippen LogP contribution in [0.5, 0.6) is 0 Å². The van der Waals surface area contributed by atoms with E-state index >= 15 is 0 Å². The number of hydrogen-bond acceptors (Lipinski definition) is 5. The number of ether oxygens (including phenoxy) is 2. The highest BCUT2D eigenvalue weighted by Gasteiger charge is 2.40. The standard InChI is InChI=1S/C14H12O5/c1-7-4-5-9(8(2)6-7)12-10(13(16)18-3)11(15)14(17)19-12/h4-6H,1-3H3. The second-order valence-corrected chi connectivity index (χ2v) is 4.23. The van der Waals surface area contributed by atoms with Gasteiger partial charge in [0.2, 0.25) is 0 Å². The van der Waals surface area contributed by atoms with Crippen molar-refractivity contribution in [1.82, 2.24) is 0 Å². The molecule has 0 spiro atoms. The fourth-order valence-electron chi connectivity index (χ4n) is 1.94. The molecule has 1 aromatic rings. The lowest BCUT2D eigenvalue weighted by molar-refractivity contribution is -0.146. The highest BCUT2D eigenvalue weighted by molar-refractivity contribution is 6.51. The minimum Gasteiger partial charge on any atom is -0.465 e. The summed E-state index contributed by atoms with van der Waals surface area (Å²) in [6.07, 6.45) is 0. The van der Waals surface area contributed by atoms with Gasteiger partial charge in [0.25, 0.3) is 5.78 Å². The lowest BCUT2D eigenvalue weighted by Crippen LogP contribution is -2.16. The van der Waals surface area contributed by atoms with Crippen LogP contribution in [0.1, 0.15) is 16.7 Å². The number of benzene rings is 1. The number of ketones is 1. The smallest absolute Gasteiger partial charge is 0.385 e. The zero-order valence-corrected chi connectivity index (χ0v) is 10.8. The Morgan fingerprint density at radius 3 is 2.47 bits per heavy atom. The van der Waals surface area contributed by atoms with E-state index in [4.69, 9.17) is 4.74 Å². The molecule has 0 atom stereocenters. The van der Waals surface area contributed by atoms with E-state index in [0.717, 1.165) is 18.2 Å². The maximum absolute atomic E-state index is 11.6. The lowest BCUT2D eigenvalue weighted by atomic mass is 10.0. The van der Waals surface area contributed by atoms with Gasteiger partial charge in [-0.25, -0.2) is 9.59 Å². The number of carbonyl (C=O) groups is 3. The molecule has 0 aromatic heterocycles. The average Bonchev–Trinajstić information content (AvgIpc) is 2.65. The first-order valence-corrected chi connectivity index (χ1v) is 5.62. The first-order valence-electron chi connectivity index (χ1n) is 5.62. The Morgan fingerprint density at radius 2 is 1.89 bits per heavy atom. The second-order valence-electron chi connectivity index (χ2n) is 4.23. The van der Waals surface area contributed by atoms with Crippen molar-refractivity contribution in [2.24, 2.45) is 0 Å². The van der Waals surface area contributed by atoms with Crippen LogP contribution in [0.2, 0.25) is 0 Å². The lowest BCUT2D eigenvalue weighted by Gasteiger charge is -2.08. The van der Waals surface area contributed by atoms with E-state index in [1.165, 1.54) is 0 Å². The first-order chi connectivity index (χ1) is 8.95. The summed E-state index contributed by atoms with van der Waals surface area (Å²) in [5, 5.41) is 0. The van der Waals surface area contributed by atoms with Crippen molar-refractivity contribution in [3.63, 3.8) is 0 Å². The molecular weight excluding hydrogens is 248 g/mol. The minimum absolute atomic E-state index is 0.0284. The molecule has 0 bridgehead atoms. The van der Waals surface area contributed by atoms with E-state index in [9.17, 15) is 14.4 Å². The summed E-state index contributed by atoms with van der Waals surface area (Å²) in [4.78, 5) is 34.6. The molecule has 0 saturated carbocycles. The van der Waals surface area contributed by atoms with Crippen LogP contribution >= 0.6 is 0 Å². The summed E-state index contributed by atoms with van der Waals surface area (Å²) in [5.74, 6) is -2.93. The SMILES string of the molecule is COC(=O)C1=C(c2ccc(C)cc2C)OC(=O)C1=O. The Kier molecular flexibility index (Phi) is 3.21. The Bertz CT molecular complexity index is 625. The molecule has 2 rings (SSSR count). The summed E-state index contributed by atoms with van der Waals surface area (Å²) in [6.45, 7) is 3.72. The molecule has 5 nitrogen and oxygen atoms in total. The Labute approximate surface area is 109 Å². The summed E-state index contributed by atoms with van der Waals surface area (Å²) in [6, 6.07) is 5.38. The summed E-state index contributed by atoms with van der Waals surface area (Å²) >= 11 is 0. The normalized spacial score (nSPS) is 14.7. The Balaban J connectivity index is 2.62. The van der Waals surface area contributed by atoms with Crippen LogP contribution in [0.4, 0.5) is 0 Å². The number of cyclic esters (lactones) is 1.